The van der Waals surface area contributed by atoms with Crippen molar-refractivity contribution >= 4 is 11.6 Å². The Morgan fingerprint density at radius 1 is 1.37 bits per heavy atom. The summed E-state index contributed by atoms with van der Waals surface area (Å²) in [4.78, 5) is 7.86. The van der Waals surface area contributed by atoms with Crippen LogP contribution in [0, 0.1) is 5.82 Å². The van der Waals surface area contributed by atoms with Gasteiger partial charge in [0.2, 0.25) is 5.88 Å². The van der Waals surface area contributed by atoms with Gasteiger partial charge in [0.1, 0.15) is 12.1 Å². The summed E-state index contributed by atoms with van der Waals surface area (Å²) in [6.07, 6.45) is 0.448. The lowest BCUT2D eigenvalue weighted by molar-refractivity contribution is 0.172. The molecule has 6 heteroatoms. The van der Waals surface area contributed by atoms with E-state index < -0.39 is 11.9 Å². The number of benzene rings is 1. The summed E-state index contributed by atoms with van der Waals surface area (Å²) < 4.78 is 18.5. The van der Waals surface area contributed by atoms with Crippen LogP contribution < -0.4 is 4.74 Å². The molecular weight excluding hydrogens is 271 g/mol. The Morgan fingerprint density at radius 3 is 2.89 bits per heavy atom. The molecule has 1 atom stereocenters. The second kappa shape index (κ2) is 5.95. The van der Waals surface area contributed by atoms with Crippen molar-refractivity contribution in [3.05, 3.63) is 52.7 Å². The van der Waals surface area contributed by atoms with Crippen molar-refractivity contribution < 1.29 is 14.2 Å². The van der Waals surface area contributed by atoms with Crippen LogP contribution in [0.25, 0.3) is 0 Å². The third kappa shape index (κ3) is 3.39. The van der Waals surface area contributed by atoms with E-state index in [1.807, 2.05) is 0 Å². The molecule has 0 spiro atoms. The van der Waals surface area contributed by atoms with Crippen LogP contribution in [0.1, 0.15) is 17.4 Å². The molecule has 0 amide bonds. The number of hydrogen-bond donors (Lipinski definition) is 1. The van der Waals surface area contributed by atoms with Crippen molar-refractivity contribution in [2.75, 3.05) is 7.11 Å². The lowest BCUT2D eigenvalue weighted by Crippen LogP contribution is -2.06. The fraction of sp³-hybridized carbons (Fsp3) is 0.231. The second-order valence-corrected chi connectivity index (χ2v) is 4.37. The minimum Gasteiger partial charge on any atom is -0.481 e. The Bertz CT molecular complexity index is 580. The molecule has 1 N–H and O–H groups in total. The number of aliphatic hydroxyl groups excluding tert-OH is 1. The lowest BCUT2D eigenvalue weighted by atomic mass is 10.0. The summed E-state index contributed by atoms with van der Waals surface area (Å²) in [5, 5.41) is 10.4. The maximum atomic E-state index is 13.6. The Hall–Kier alpha value is -1.72. The van der Waals surface area contributed by atoms with Crippen molar-refractivity contribution in [2.24, 2.45) is 0 Å². The van der Waals surface area contributed by atoms with E-state index in [0.717, 1.165) is 0 Å². The van der Waals surface area contributed by atoms with Gasteiger partial charge in [-0.05, 0) is 18.2 Å². The summed E-state index contributed by atoms with van der Waals surface area (Å²) in [7, 11) is 1.49. The highest BCUT2D eigenvalue weighted by atomic mass is 35.5. The van der Waals surface area contributed by atoms with Crippen molar-refractivity contribution in [3.63, 3.8) is 0 Å². The monoisotopic (exact) mass is 282 g/mol. The van der Waals surface area contributed by atoms with Gasteiger partial charge in [0.25, 0.3) is 0 Å². The first-order chi connectivity index (χ1) is 9.10. The number of hydrogen-bond acceptors (Lipinski definition) is 4. The van der Waals surface area contributed by atoms with Gasteiger partial charge >= 0.3 is 0 Å². The highest BCUT2D eigenvalue weighted by Crippen LogP contribution is 2.24. The highest BCUT2D eigenvalue weighted by molar-refractivity contribution is 6.30. The minimum atomic E-state index is -1.03. The summed E-state index contributed by atoms with van der Waals surface area (Å²) in [6.45, 7) is 0. The Balaban J connectivity index is 2.20. The molecule has 0 saturated carbocycles. The van der Waals surface area contributed by atoms with Gasteiger partial charge in [-0.2, -0.15) is 0 Å². The minimum absolute atomic E-state index is 0.144. The number of methoxy groups -OCH3 is 1. The molecule has 0 radical (unpaired) electrons. The van der Waals surface area contributed by atoms with Crippen molar-refractivity contribution in [2.45, 2.75) is 12.5 Å². The predicted molar refractivity (Wildman–Crippen MR) is 68.7 cm³/mol. The van der Waals surface area contributed by atoms with Gasteiger partial charge in [-0.15, -0.1) is 0 Å². The van der Waals surface area contributed by atoms with E-state index in [1.165, 1.54) is 31.6 Å². The number of rotatable bonds is 4. The van der Waals surface area contributed by atoms with Gasteiger partial charge < -0.3 is 9.84 Å². The first-order valence-corrected chi connectivity index (χ1v) is 5.96. The van der Waals surface area contributed by atoms with E-state index in [1.54, 1.807) is 6.07 Å². The van der Waals surface area contributed by atoms with E-state index in [4.69, 9.17) is 16.3 Å². The van der Waals surface area contributed by atoms with E-state index in [2.05, 4.69) is 9.97 Å². The van der Waals surface area contributed by atoms with E-state index >= 15 is 0 Å². The normalized spacial score (nSPS) is 12.2. The first kappa shape index (κ1) is 13.7. The molecular formula is C13H12ClFN2O2. The Kier molecular flexibility index (Phi) is 4.29. The molecule has 0 bridgehead atoms. The Labute approximate surface area is 114 Å². The van der Waals surface area contributed by atoms with E-state index in [9.17, 15) is 9.50 Å². The molecule has 1 unspecified atom stereocenters. The largest absolute Gasteiger partial charge is 0.481 e. The van der Waals surface area contributed by atoms with Crippen molar-refractivity contribution in [3.8, 4) is 5.88 Å². The van der Waals surface area contributed by atoms with Crippen LogP contribution in [0.3, 0.4) is 0 Å². The number of ether oxygens (including phenoxy) is 1. The van der Waals surface area contributed by atoms with E-state index in [0.29, 0.717) is 16.6 Å². The zero-order valence-electron chi connectivity index (χ0n) is 10.2. The van der Waals surface area contributed by atoms with Gasteiger partial charge in [-0.25, -0.2) is 14.4 Å². The zero-order chi connectivity index (χ0) is 13.8. The zero-order valence-corrected chi connectivity index (χ0v) is 10.9. The second-order valence-electron chi connectivity index (χ2n) is 3.94. The van der Waals surface area contributed by atoms with Crippen LogP contribution in [0.5, 0.6) is 5.88 Å². The molecule has 19 heavy (non-hydrogen) atoms. The number of aromatic nitrogens is 2. The summed E-state index contributed by atoms with van der Waals surface area (Å²) in [6, 6.07) is 5.65. The lowest BCUT2D eigenvalue weighted by Gasteiger charge is -2.12. The third-order valence-corrected chi connectivity index (χ3v) is 2.86. The summed E-state index contributed by atoms with van der Waals surface area (Å²) in [5.41, 5.74) is 0.698. The van der Waals surface area contributed by atoms with Gasteiger partial charge in [-0.1, -0.05) is 11.6 Å². The molecule has 2 aromatic rings. The third-order valence-electron chi connectivity index (χ3n) is 2.63. The molecule has 1 aromatic carbocycles. The van der Waals surface area contributed by atoms with Gasteiger partial charge in [0.15, 0.2) is 0 Å². The van der Waals surface area contributed by atoms with Crippen LogP contribution in [0.2, 0.25) is 5.02 Å². The topological polar surface area (TPSA) is 55.2 Å². The van der Waals surface area contributed by atoms with E-state index in [-0.39, 0.29) is 12.0 Å². The molecule has 0 saturated heterocycles. The molecule has 4 nitrogen and oxygen atoms in total. The summed E-state index contributed by atoms with van der Waals surface area (Å²) >= 11 is 5.79. The fourth-order valence-corrected chi connectivity index (χ4v) is 1.86. The number of aliphatic hydroxyl groups is 1. The smallest absolute Gasteiger partial charge is 0.216 e. The molecule has 0 aliphatic heterocycles. The molecule has 1 heterocycles. The van der Waals surface area contributed by atoms with Gasteiger partial charge in [-0.3, -0.25) is 0 Å². The number of halogens is 2. The fourth-order valence-electron chi connectivity index (χ4n) is 1.68. The highest BCUT2D eigenvalue weighted by Gasteiger charge is 2.15. The van der Waals surface area contributed by atoms with Crippen LogP contribution in [0.15, 0.2) is 30.6 Å². The SMILES string of the molecule is COc1cc(CC(O)c2cc(Cl)ccc2F)ncn1. The summed E-state index contributed by atoms with van der Waals surface area (Å²) in [5.74, 6) is -0.110. The first-order valence-electron chi connectivity index (χ1n) is 5.58. The van der Waals surface area contributed by atoms with Crippen LogP contribution in [-0.2, 0) is 6.42 Å². The molecule has 0 aliphatic rings. The maximum Gasteiger partial charge on any atom is 0.216 e. The van der Waals surface area contributed by atoms with Crippen LogP contribution >= 0.6 is 11.6 Å². The molecule has 0 fully saturated rings. The molecule has 0 aliphatic carbocycles. The predicted octanol–water partition coefficient (Wildman–Crippen LogP) is 2.55. The van der Waals surface area contributed by atoms with Gasteiger partial charge in [0, 0.05) is 23.1 Å². The standard InChI is InChI=1S/C13H12ClFN2O2/c1-19-13-6-9(16-7-17-13)5-12(18)10-4-8(14)2-3-11(10)15/h2-4,6-7,12,18H,5H2,1H3. The van der Waals surface area contributed by atoms with Crippen molar-refractivity contribution in [1.29, 1.82) is 0 Å². The average molecular weight is 283 g/mol. The quantitative estimate of drug-likeness (QED) is 0.936. The van der Waals surface area contributed by atoms with Crippen molar-refractivity contribution in [1.82, 2.24) is 9.97 Å². The van der Waals surface area contributed by atoms with Crippen LogP contribution in [0.4, 0.5) is 4.39 Å². The molecule has 2 rings (SSSR count). The maximum absolute atomic E-state index is 13.6. The average Bonchev–Trinajstić information content (AvgIpc) is 2.41. The van der Waals surface area contributed by atoms with Gasteiger partial charge in [0.05, 0.1) is 18.9 Å². The molecule has 100 valence electrons. The van der Waals surface area contributed by atoms with Crippen LogP contribution in [-0.4, -0.2) is 22.2 Å². The number of nitrogens with zero attached hydrogens (tertiary/aromatic N) is 2. The molecule has 1 aromatic heterocycles. The Morgan fingerprint density at radius 2 is 2.16 bits per heavy atom.